The zero-order chi connectivity index (χ0) is 19.2. The first-order valence-electron chi connectivity index (χ1n) is 10.1. The average molecular weight is 383 g/mol. The van der Waals surface area contributed by atoms with Gasteiger partial charge in [0.1, 0.15) is 17.9 Å². The second-order valence-corrected chi connectivity index (χ2v) is 7.42. The molecule has 2 aliphatic rings. The van der Waals surface area contributed by atoms with Crippen molar-refractivity contribution in [2.24, 2.45) is 0 Å². The standard InChI is InChI=1S/C21H29N5O2/c1-18-3-2-4-19(15-18)28-21-16-20(22-17-23-21)26-9-7-24(8-10-26)5-6-25-11-13-27-14-12-25/h2-4,15-17H,5-14H2,1H3. The summed E-state index contributed by atoms with van der Waals surface area (Å²) in [6.07, 6.45) is 1.59. The number of morpholine rings is 1. The molecule has 0 bridgehead atoms. The van der Waals surface area contributed by atoms with Gasteiger partial charge in [-0.15, -0.1) is 0 Å². The lowest BCUT2D eigenvalue weighted by molar-refractivity contribution is 0.0331. The van der Waals surface area contributed by atoms with Crippen LogP contribution in [0.1, 0.15) is 5.56 Å². The van der Waals surface area contributed by atoms with E-state index in [0.717, 1.165) is 77.1 Å². The van der Waals surface area contributed by atoms with Gasteiger partial charge >= 0.3 is 0 Å². The Morgan fingerprint density at radius 3 is 2.43 bits per heavy atom. The van der Waals surface area contributed by atoms with Crippen molar-refractivity contribution < 1.29 is 9.47 Å². The minimum atomic E-state index is 0.588. The van der Waals surface area contributed by atoms with E-state index in [1.165, 1.54) is 5.56 Å². The molecule has 7 heteroatoms. The SMILES string of the molecule is Cc1cccc(Oc2cc(N3CCN(CCN4CCOCC4)CC3)ncn2)c1. The molecule has 28 heavy (non-hydrogen) atoms. The molecule has 0 amide bonds. The zero-order valence-corrected chi connectivity index (χ0v) is 16.6. The van der Waals surface area contributed by atoms with Crippen molar-refractivity contribution in [3.8, 4) is 11.6 Å². The lowest BCUT2D eigenvalue weighted by Crippen LogP contribution is -2.49. The largest absolute Gasteiger partial charge is 0.439 e. The highest BCUT2D eigenvalue weighted by Gasteiger charge is 2.20. The second kappa shape index (κ2) is 9.32. The summed E-state index contributed by atoms with van der Waals surface area (Å²) >= 11 is 0. The molecular formula is C21H29N5O2. The molecule has 1 aromatic carbocycles. The van der Waals surface area contributed by atoms with Crippen molar-refractivity contribution in [1.29, 1.82) is 0 Å². The highest BCUT2D eigenvalue weighted by molar-refractivity contribution is 5.42. The van der Waals surface area contributed by atoms with Crippen LogP contribution in [0.3, 0.4) is 0 Å². The van der Waals surface area contributed by atoms with E-state index in [1.807, 2.05) is 24.3 Å². The molecule has 0 radical (unpaired) electrons. The smallest absolute Gasteiger partial charge is 0.224 e. The van der Waals surface area contributed by atoms with Crippen LogP contribution in [0.2, 0.25) is 0 Å². The van der Waals surface area contributed by atoms with Crippen LogP contribution in [0.15, 0.2) is 36.7 Å². The van der Waals surface area contributed by atoms with Crippen LogP contribution in [-0.4, -0.2) is 85.3 Å². The number of hydrogen-bond acceptors (Lipinski definition) is 7. The molecule has 150 valence electrons. The summed E-state index contributed by atoms with van der Waals surface area (Å²) < 4.78 is 11.3. The summed E-state index contributed by atoms with van der Waals surface area (Å²) in [7, 11) is 0. The van der Waals surface area contributed by atoms with E-state index in [2.05, 4.69) is 37.7 Å². The summed E-state index contributed by atoms with van der Waals surface area (Å²) in [6.45, 7) is 12.2. The number of piperazine rings is 1. The number of rotatable bonds is 6. The Morgan fingerprint density at radius 2 is 1.68 bits per heavy atom. The van der Waals surface area contributed by atoms with Crippen molar-refractivity contribution in [2.45, 2.75) is 6.92 Å². The van der Waals surface area contributed by atoms with Crippen LogP contribution in [-0.2, 0) is 4.74 Å². The first-order chi connectivity index (χ1) is 13.8. The van der Waals surface area contributed by atoms with Crippen molar-refractivity contribution in [3.05, 3.63) is 42.2 Å². The van der Waals surface area contributed by atoms with Crippen LogP contribution in [0.5, 0.6) is 11.6 Å². The fourth-order valence-electron chi connectivity index (χ4n) is 3.67. The first kappa shape index (κ1) is 19.1. The van der Waals surface area contributed by atoms with Crippen molar-refractivity contribution in [2.75, 3.05) is 70.5 Å². The van der Waals surface area contributed by atoms with Gasteiger partial charge in [0.05, 0.1) is 13.2 Å². The Kier molecular flexibility index (Phi) is 6.36. The third-order valence-corrected chi connectivity index (χ3v) is 5.37. The van der Waals surface area contributed by atoms with Gasteiger partial charge < -0.3 is 14.4 Å². The normalized spacial score (nSPS) is 19.0. The second-order valence-electron chi connectivity index (χ2n) is 7.42. The fraction of sp³-hybridized carbons (Fsp3) is 0.524. The summed E-state index contributed by atoms with van der Waals surface area (Å²) in [5, 5.41) is 0. The van der Waals surface area contributed by atoms with Crippen LogP contribution in [0, 0.1) is 6.92 Å². The van der Waals surface area contributed by atoms with Gasteiger partial charge in [-0.1, -0.05) is 12.1 Å². The summed E-state index contributed by atoms with van der Waals surface area (Å²) in [5.74, 6) is 2.33. The molecule has 2 fully saturated rings. The maximum Gasteiger partial charge on any atom is 0.224 e. The van der Waals surface area contributed by atoms with Gasteiger partial charge in [-0.25, -0.2) is 9.97 Å². The molecule has 0 saturated carbocycles. The molecule has 3 heterocycles. The highest BCUT2D eigenvalue weighted by atomic mass is 16.5. The Balaban J connectivity index is 1.28. The number of ether oxygens (including phenoxy) is 2. The summed E-state index contributed by atoms with van der Waals surface area (Å²) in [5.41, 5.74) is 1.17. The first-order valence-corrected chi connectivity index (χ1v) is 10.1. The Morgan fingerprint density at radius 1 is 0.929 bits per heavy atom. The molecule has 2 aliphatic heterocycles. The van der Waals surface area contributed by atoms with Crippen molar-refractivity contribution in [1.82, 2.24) is 19.8 Å². The molecule has 0 N–H and O–H groups in total. The lowest BCUT2D eigenvalue weighted by Gasteiger charge is -2.36. The Hall–Kier alpha value is -2.22. The monoisotopic (exact) mass is 383 g/mol. The van der Waals surface area contributed by atoms with Gasteiger partial charge in [-0.05, 0) is 24.6 Å². The van der Waals surface area contributed by atoms with Crippen LogP contribution < -0.4 is 9.64 Å². The molecule has 0 atom stereocenters. The number of aromatic nitrogens is 2. The maximum absolute atomic E-state index is 5.91. The quantitative estimate of drug-likeness (QED) is 0.756. The van der Waals surface area contributed by atoms with Crippen LogP contribution in [0.4, 0.5) is 5.82 Å². The van der Waals surface area contributed by atoms with Gasteiger partial charge in [0.2, 0.25) is 5.88 Å². The summed E-state index contributed by atoms with van der Waals surface area (Å²) in [6, 6.07) is 9.93. The topological polar surface area (TPSA) is 54.0 Å². The summed E-state index contributed by atoms with van der Waals surface area (Å²) in [4.78, 5) is 16.1. The van der Waals surface area contributed by atoms with Crippen LogP contribution in [0.25, 0.3) is 0 Å². The molecular weight excluding hydrogens is 354 g/mol. The minimum Gasteiger partial charge on any atom is -0.439 e. The Labute approximate surface area is 166 Å². The van der Waals surface area contributed by atoms with Gasteiger partial charge in [0.25, 0.3) is 0 Å². The van der Waals surface area contributed by atoms with E-state index in [-0.39, 0.29) is 0 Å². The molecule has 7 nitrogen and oxygen atoms in total. The van der Waals surface area contributed by atoms with E-state index in [1.54, 1.807) is 6.33 Å². The Bertz CT molecular complexity index is 758. The third-order valence-electron chi connectivity index (χ3n) is 5.37. The third kappa shape index (κ3) is 5.19. The number of aryl methyl sites for hydroxylation is 1. The fourth-order valence-corrected chi connectivity index (χ4v) is 3.67. The van der Waals surface area contributed by atoms with Crippen molar-refractivity contribution in [3.63, 3.8) is 0 Å². The van der Waals surface area contributed by atoms with Gasteiger partial charge in [-0.3, -0.25) is 9.80 Å². The number of benzene rings is 1. The molecule has 0 unspecified atom stereocenters. The van der Waals surface area contributed by atoms with E-state index < -0.39 is 0 Å². The number of anilines is 1. The van der Waals surface area contributed by atoms with E-state index in [0.29, 0.717) is 5.88 Å². The molecule has 0 aliphatic carbocycles. The molecule has 4 rings (SSSR count). The average Bonchev–Trinajstić information content (AvgIpc) is 2.74. The van der Waals surface area contributed by atoms with Gasteiger partial charge in [-0.2, -0.15) is 0 Å². The highest BCUT2D eigenvalue weighted by Crippen LogP contribution is 2.23. The number of hydrogen-bond donors (Lipinski definition) is 0. The minimum absolute atomic E-state index is 0.588. The number of nitrogens with zero attached hydrogens (tertiary/aromatic N) is 5. The predicted molar refractivity (Wildman–Crippen MR) is 109 cm³/mol. The molecule has 0 spiro atoms. The van der Waals surface area contributed by atoms with Gasteiger partial charge in [0, 0.05) is 58.4 Å². The molecule has 2 saturated heterocycles. The van der Waals surface area contributed by atoms with E-state index >= 15 is 0 Å². The van der Waals surface area contributed by atoms with Gasteiger partial charge in [0.15, 0.2) is 0 Å². The lowest BCUT2D eigenvalue weighted by atomic mass is 10.2. The predicted octanol–water partition coefficient (Wildman–Crippen LogP) is 2.03. The zero-order valence-electron chi connectivity index (χ0n) is 16.6. The molecule has 2 aromatic rings. The van der Waals surface area contributed by atoms with E-state index in [9.17, 15) is 0 Å². The maximum atomic E-state index is 5.91. The van der Waals surface area contributed by atoms with E-state index in [4.69, 9.17) is 9.47 Å². The molecule has 1 aromatic heterocycles. The van der Waals surface area contributed by atoms with Crippen molar-refractivity contribution >= 4 is 5.82 Å². The van der Waals surface area contributed by atoms with Crippen LogP contribution >= 0.6 is 0 Å².